The van der Waals surface area contributed by atoms with E-state index in [0.29, 0.717) is 18.5 Å². The highest BCUT2D eigenvalue weighted by Crippen LogP contribution is 2.36. The van der Waals surface area contributed by atoms with Crippen molar-refractivity contribution in [3.8, 4) is 17.3 Å². The molecule has 1 aliphatic rings. The lowest BCUT2D eigenvalue weighted by molar-refractivity contribution is 0.0526. The lowest BCUT2D eigenvalue weighted by Crippen LogP contribution is -2.38. The second kappa shape index (κ2) is 8.80. The van der Waals surface area contributed by atoms with Crippen molar-refractivity contribution in [3.05, 3.63) is 85.7 Å². The number of carbonyl (C=O) groups is 1. The Labute approximate surface area is 199 Å². The van der Waals surface area contributed by atoms with Crippen molar-refractivity contribution in [2.75, 3.05) is 20.3 Å². The van der Waals surface area contributed by atoms with Gasteiger partial charge in [0.25, 0.3) is 5.56 Å². The summed E-state index contributed by atoms with van der Waals surface area (Å²) in [5.41, 5.74) is 1.75. The van der Waals surface area contributed by atoms with E-state index in [1.807, 2.05) is 18.2 Å². The third kappa shape index (κ3) is 3.77. The zero-order chi connectivity index (χ0) is 24.7. The number of aromatic hydroxyl groups is 1. The van der Waals surface area contributed by atoms with Gasteiger partial charge in [-0.1, -0.05) is 0 Å². The fourth-order valence-electron chi connectivity index (χ4n) is 4.58. The molecule has 1 atom stereocenters. The van der Waals surface area contributed by atoms with Crippen molar-refractivity contribution in [2.24, 2.45) is 0 Å². The van der Waals surface area contributed by atoms with Crippen LogP contribution in [-0.2, 0) is 11.2 Å². The molecule has 10 nitrogen and oxygen atoms in total. The van der Waals surface area contributed by atoms with Gasteiger partial charge in [-0.25, -0.2) is 14.2 Å². The minimum atomic E-state index is -0.794. The third-order valence-electron chi connectivity index (χ3n) is 6.20. The SMILES string of the molecule is CCOC(=O)c1ccc(-n2c(O)c([C@H]3NCCc4c3[nH]c3ccc(OC)cc43)c(=O)[nH]c2=O)cc1. The van der Waals surface area contributed by atoms with E-state index < -0.39 is 29.1 Å². The first-order valence-corrected chi connectivity index (χ1v) is 11.2. The zero-order valence-electron chi connectivity index (χ0n) is 19.2. The molecule has 4 aromatic rings. The molecule has 180 valence electrons. The van der Waals surface area contributed by atoms with Crippen LogP contribution in [0.25, 0.3) is 16.6 Å². The fraction of sp³-hybridized carbons (Fsp3) is 0.240. The van der Waals surface area contributed by atoms with E-state index in [9.17, 15) is 19.5 Å². The monoisotopic (exact) mass is 476 g/mol. The Balaban J connectivity index is 1.63. The summed E-state index contributed by atoms with van der Waals surface area (Å²) in [4.78, 5) is 43.2. The van der Waals surface area contributed by atoms with Gasteiger partial charge in [-0.2, -0.15) is 0 Å². The average Bonchev–Trinajstić information content (AvgIpc) is 3.23. The molecule has 5 rings (SSSR count). The topological polar surface area (TPSA) is 138 Å². The third-order valence-corrected chi connectivity index (χ3v) is 6.20. The van der Waals surface area contributed by atoms with Gasteiger partial charge in [-0.05, 0) is 61.4 Å². The molecular weight excluding hydrogens is 452 g/mol. The zero-order valence-corrected chi connectivity index (χ0v) is 19.2. The number of aromatic amines is 2. The Morgan fingerprint density at radius 2 is 1.91 bits per heavy atom. The van der Waals surface area contributed by atoms with Crippen LogP contribution in [0.15, 0.2) is 52.1 Å². The van der Waals surface area contributed by atoms with Crippen molar-refractivity contribution in [1.29, 1.82) is 0 Å². The van der Waals surface area contributed by atoms with Gasteiger partial charge < -0.3 is 24.9 Å². The summed E-state index contributed by atoms with van der Waals surface area (Å²) < 4.78 is 11.3. The molecule has 0 saturated heterocycles. The van der Waals surface area contributed by atoms with Gasteiger partial charge in [-0.15, -0.1) is 0 Å². The van der Waals surface area contributed by atoms with E-state index in [1.165, 1.54) is 24.3 Å². The summed E-state index contributed by atoms with van der Waals surface area (Å²) in [6.07, 6.45) is 0.715. The summed E-state index contributed by atoms with van der Waals surface area (Å²) in [5, 5.41) is 15.4. The molecule has 2 aromatic carbocycles. The number of H-pyrrole nitrogens is 2. The van der Waals surface area contributed by atoms with Crippen molar-refractivity contribution in [3.63, 3.8) is 0 Å². The molecule has 0 radical (unpaired) electrons. The predicted octanol–water partition coefficient (Wildman–Crippen LogP) is 2.13. The van der Waals surface area contributed by atoms with E-state index in [-0.39, 0.29) is 17.9 Å². The second-order valence-electron chi connectivity index (χ2n) is 8.17. The smallest absolute Gasteiger partial charge is 0.338 e. The number of ether oxygens (including phenoxy) is 2. The van der Waals surface area contributed by atoms with Crippen LogP contribution in [0.4, 0.5) is 0 Å². The molecule has 1 aliphatic heterocycles. The van der Waals surface area contributed by atoms with Crippen LogP contribution in [-0.4, -0.2) is 45.9 Å². The predicted molar refractivity (Wildman–Crippen MR) is 129 cm³/mol. The minimum absolute atomic E-state index is 0.0125. The number of esters is 1. The molecule has 0 amide bonds. The van der Waals surface area contributed by atoms with Gasteiger partial charge in [0.1, 0.15) is 11.3 Å². The highest BCUT2D eigenvalue weighted by Gasteiger charge is 2.31. The number of nitrogens with zero attached hydrogens (tertiary/aromatic N) is 1. The summed E-state index contributed by atoms with van der Waals surface area (Å²) in [5.74, 6) is -0.258. The molecule has 0 fully saturated rings. The summed E-state index contributed by atoms with van der Waals surface area (Å²) >= 11 is 0. The first-order chi connectivity index (χ1) is 16.9. The van der Waals surface area contributed by atoms with E-state index in [4.69, 9.17) is 9.47 Å². The Morgan fingerprint density at radius 1 is 1.14 bits per heavy atom. The maximum atomic E-state index is 12.9. The summed E-state index contributed by atoms with van der Waals surface area (Å²) in [6.45, 7) is 2.51. The number of aromatic nitrogens is 3. The van der Waals surface area contributed by atoms with Gasteiger partial charge in [-0.3, -0.25) is 9.78 Å². The number of carbonyl (C=O) groups excluding carboxylic acids is 1. The molecule has 0 spiro atoms. The van der Waals surface area contributed by atoms with Gasteiger partial charge in [0.05, 0.1) is 31.0 Å². The van der Waals surface area contributed by atoms with E-state index in [2.05, 4.69) is 15.3 Å². The molecule has 0 unspecified atom stereocenters. The summed E-state index contributed by atoms with van der Waals surface area (Å²) in [7, 11) is 1.60. The van der Waals surface area contributed by atoms with Crippen LogP contribution in [0.2, 0.25) is 0 Å². The van der Waals surface area contributed by atoms with Crippen LogP contribution >= 0.6 is 0 Å². The van der Waals surface area contributed by atoms with Crippen molar-refractivity contribution < 1.29 is 19.4 Å². The quantitative estimate of drug-likeness (QED) is 0.324. The van der Waals surface area contributed by atoms with Gasteiger partial charge in [0.2, 0.25) is 5.88 Å². The number of hydrogen-bond acceptors (Lipinski definition) is 7. The molecule has 35 heavy (non-hydrogen) atoms. The first kappa shape index (κ1) is 22.5. The second-order valence-corrected chi connectivity index (χ2v) is 8.17. The van der Waals surface area contributed by atoms with Crippen LogP contribution < -0.4 is 21.3 Å². The Morgan fingerprint density at radius 3 is 2.63 bits per heavy atom. The largest absolute Gasteiger partial charge is 0.497 e. The standard InChI is InChI=1S/C25H24N4O6/c1-3-35-24(32)13-4-6-14(7-5-13)29-23(31)19(22(30)28-25(29)33)21-20-16(10-11-26-21)17-12-15(34-2)8-9-18(17)27-20/h4-9,12,21,26-27,31H,3,10-11H2,1-2H3,(H,28,30,33)/t21-/m1/s1. The molecule has 0 saturated carbocycles. The van der Waals surface area contributed by atoms with E-state index in [1.54, 1.807) is 14.0 Å². The summed E-state index contributed by atoms with van der Waals surface area (Å²) in [6, 6.07) is 11.0. The molecule has 0 aliphatic carbocycles. The lowest BCUT2D eigenvalue weighted by Gasteiger charge is -2.25. The lowest BCUT2D eigenvalue weighted by atomic mass is 9.95. The average molecular weight is 476 g/mol. The molecule has 0 bridgehead atoms. The number of benzene rings is 2. The van der Waals surface area contributed by atoms with Crippen LogP contribution in [0.3, 0.4) is 0 Å². The molecule has 10 heteroatoms. The van der Waals surface area contributed by atoms with Crippen LogP contribution in [0, 0.1) is 0 Å². The van der Waals surface area contributed by atoms with Gasteiger partial charge in [0, 0.05) is 23.1 Å². The number of hydrogen-bond donors (Lipinski definition) is 4. The number of methoxy groups -OCH3 is 1. The van der Waals surface area contributed by atoms with Crippen molar-refractivity contribution in [1.82, 2.24) is 19.9 Å². The van der Waals surface area contributed by atoms with Crippen LogP contribution in [0.5, 0.6) is 11.6 Å². The Hall–Kier alpha value is -4.31. The van der Waals surface area contributed by atoms with Gasteiger partial charge >= 0.3 is 11.7 Å². The molecule has 3 heterocycles. The van der Waals surface area contributed by atoms with E-state index in [0.717, 1.165) is 32.5 Å². The van der Waals surface area contributed by atoms with E-state index >= 15 is 0 Å². The van der Waals surface area contributed by atoms with Crippen molar-refractivity contribution in [2.45, 2.75) is 19.4 Å². The first-order valence-electron chi connectivity index (χ1n) is 11.2. The van der Waals surface area contributed by atoms with Gasteiger partial charge in [0.15, 0.2) is 0 Å². The van der Waals surface area contributed by atoms with Crippen LogP contribution in [0.1, 0.15) is 40.1 Å². The minimum Gasteiger partial charge on any atom is -0.497 e. The number of rotatable bonds is 5. The molecular formula is C25H24N4O6. The normalized spacial score (nSPS) is 15.1. The van der Waals surface area contributed by atoms with Crippen molar-refractivity contribution >= 4 is 16.9 Å². The Kier molecular flexibility index (Phi) is 5.65. The maximum Gasteiger partial charge on any atom is 0.338 e. The Bertz CT molecular complexity index is 1550. The maximum absolute atomic E-state index is 12.9. The molecule has 4 N–H and O–H groups in total. The fourth-order valence-corrected chi connectivity index (χ4v) is 4.58. The highest BCUT2D eigenvalue weighted by atomic mass is 16.5. The molecule has 2 aromatic heterocycles. The number of nitrogens with one attached hydrogen (secondary N) is 3. The number of fused-ring (bicyclic) bond motifs is 3. The highest BCUT2D eigenvalue weighted by molar-refractivity contribution is 5.89.